The van der Waals surface area contributed by atoms with Gasteiger partial charge in [-0.1, -0.05) is 23.2 Å². The van der Waals surface area contributed by atoms with Gasteiger partial charge in [0.1, 0.15) is 0 Å². The first-order valence-corrected chi connectivity index (χ1v) is 6.06. The average Bonchev–Trinajstić information content (AvgIpc) is 2.76. The van der Waals surface area contributed by atoms with Gasteiger partial charge in [-0.3, -0.25) is 0 Å². The molecule has 1 heterocycles. The maximum Gasteiger partial charge on any atom is 0.346 e. The first-order chi connectivity index (χ1) is 8.61. The van der Waals surface area contributed by atoms with Crippen LogP contribution in [-0.4, -0.2) is 15.7 Å². The SMILES string of the molecule is CCn1nccc1OC(=O)c1ccc(Cl)cc1Cl. The van der Waals surface area contributed by atoms with Crippen LogP contribution in [0, 0.1) is 0 Å². The second kappa shape index (κ2) is 5.42. The monoisotopic (exact) mass is 284 g/mol. The zero-order chi connectivity index (χ0) is 13.1. The zero-order valence-electron chi connectivity index (χ0n) is 9.56. The second-order valence-corrected chi connectivity index (χ2v) is 4.34. The van der Waals surface area contributed by atoms with Crippen molar-refractivity contribution in [1.29, 1.82) is 0 Å². The van der Waals surface area contributed by atoms with Gasteiger partial charge in [-0.2, -0.15) is 5.10 Å². The van der Waals surface area contributed by atoms with Crippen molar-refractivity contribution in [2.45, 2.75) is 13.5 Å². The lowest BCUT2D eigenvalue weighted by Crippen LogP contribution is -2.12. The molecule has 0 amide bonds. The topological polar surface area (TPSA) is 44.1 Å². The fraction of sp³-hybridized carbons (Fsp3) is 0.167. The van der Waals surface area contributed by atoms with Crippen LogP contribution < -0.4 is 4.74 Å². The summed E-state index contributed by atoms with van der Waals surface area (Å²) in [6, 6.07) is 6.23. The summed E-state index contributed by atoms with van der Waals surface area (Å²) in [4.78, 5) is 11.9. The molecule has 0 fully saturated rings. The third kappa shape index (κ3) is 2.66. The Bertz CT molecular complexity index is 581. The lowest BCUT2D eigenvalue weighted by Gasteiger charge is -2.07. The van der Waals surface area contributed by atoms with E-state index in [4.69, 9.17) is 27.9 Å². The Morgan fingerprint density at radius 2 is 2.17 bits per heavy atom. The Morgan fingerprint density at radius 1 is 1.39 bits per heavy atom. The highest BCUT2D eigenvalue weighted by molar-refractivity contribution is 6.36. The molecule has 0 aliphatic rings. The number of ether oxygens (including phenoxy) is 1. The Morgan fingerprint density at radius 3 is 2.83 bits per heavy atom. The van der Waals surface area contributed by atoms with Crippen LogP contribution in [0.2, 0.25) is 10.0 Å². The molecule has 2 aromatic rings. The van der Waals surface area contributed by atoms with Crippen LogP contribution in [0.25, 0.3) is 0 Å². The molecule has 0 atom stereocenters. The molecule has 0 saturated carbocycles. The third-order valence-corrected chi connectivity index (χ3v) is 2.87. The first kappa shape index (κ1) is 12.9. The van der Waals surface area contributed by atoms with Crippen LogP contribution in [0.3, 0.4) is 0 Å². The molecule has 4 nitrogen and oxygen atoms in total. The standard InChI is InChI=1S/C12H10Cl2N2O2/c1-2-16-11(5-6-15-16)18-12(17)9-4-3-8(13)7-10(9)14/h3-7H,2H2,1H3. The molecule has 0 aliphatic carbocycles. The molecular formula is C12H10Cl2N2O2. The highest BCUT2D eigenvalue weighted by atomic mass is 35.5. The van der Waals surface area contributed by atoms with Gasteiger partial charge in [0.05, 0.1) is 16.8 Å². The van der Waals surface area contributed by atoms with Gasteiger partial charge in [0, 0.05) is 17.6 Å². The molecule has 1 aromatic heterocycles. The van der Waals surface area contributed by atoms with Crippen LogP contribution >= 0.6 is 23.2 Å². The van der Waals surface area contributed by atoms with Gasteiger partial charge in [0.2, 0.25) is 5.88 Å². The molecule has 0 saturated heterocycles. The van der Waals surface area contributed by atoms with Gasteiger partial charge in [-0.25, -0.2) is 9.48 Å². The summed E-state index contributed by atoms with van der Waals surface area (Å²) in [6.45, 7) is 2.52. The van der Waals surface area contributed by atoms with Gasteiger partial charge in [-0.15, -0.1) is 0 Å². The van der Waals surface area contributed by atoms with Crippen molar-refractivity contribution in [2.24, 2.45) is 0 Å². The molecule has 0 bridgehead atoms. The van der Waals surface area contributed by atoms with Crippen LogP contribution in [0.15, 0.2) is 30.5 Å². The van der Waals surface area contributed by atoms with Crippen molar-refractivity contribution >= 4 is 29.2 Å². The number of esters is 1. The number of hydrogen-bond acceptors (Lipinski definition) is 3. The van der Waals surface area contributed by atoms with Crippen LogP contribution in [0.5, 0.6) is 5.88 Å². The maximum absolute atomic E-state index is 11.9. The van der Waals surface area contributed by atoms with E-state index in [-0.39, 0.29) is 10.6 Å². The number of nitrogens with zero attached hydrogens (tertiary/aromatic N) is 2. The predicted molar refractivity (Wildman–Crippen MR) is 69.3 cm³/mol. The van der Waals surface area contributed by atoms with E-state index in [1.165, 1.54) is 12.1 Å². The number of benzene rings is 1. The normalized spacial score (nSPS) is 10.4. The first-order valence-electron chi connectivity index (χ1n) is 5.31. The van der Waals surface area contributed by atoms with Gasteiger partial charge in [0.15, 0.2) is 0 Å². The Hall–Kier alpha value is -1.52. The van der Waals surface area contributed by atoms with Crippen molar-refractivity contribution in [3.63, 3.8) is 0 Å². The number of aromatic nitrogens is 2. The second-order valence-electron chi connectivity index (χ2n) is 3.50. The Kier molecular flexibility index (Phi) is 3.89. The molecule has 2 rings (SSSR count). The van der Waals surface area contributed by atoms with E-state index in [2.05, 4.69) is 5.10 Å². The summed E-state index contributed by atoms with van der Waals surface area (Å²) in [7, 11) is 0. The summed E-state index contributed by atoms with van der Waals surface area (Å²) < 4.78 is 6.79. The molecule has 6 heteroatoms. The number of aryl methyl sites for hydroxylation is 1. The van der Waals surface area contributed by atoms with E-state index >= 15 is 0 Å². The quantitative estimate of drug-likeness (QED) is 0.811. The zero-order valence-corrected chi connectivity index (χ0v) is 11.1. The summed E-state index contributed by atoms with van der Waals surface area (Å²) in [5.74, 6) is -0.152. The van der Waals surface area contributed by atoms with E-state index in [0.29, 0.717) is 17.4 Å². The van der Waals surface area contributed by atoms with Gasteiger partial charge >= 0.3 is 5.97 Å². The average molecular weight is 285 g/mol. The predicted octanol–water partition coefficient (Wildman–Crippen LogP) is 3.43. The van der Waals surface area contributed by atoms with Gasteiger partial charge in [0.25, 0.3) is 0 Å². The smallest absolute Gasteiger partial charge is 0.346 e. The number of carbonyl (C=O) groups excluding carboxylic acids is 1. The molecule has 0 unspecified atom stereocenters. The van der Waals surface area contributed by atoms with Crippen molar-refractivity contribution in [1.82, 2.24) is 9.78 Å². The number of rotatable bonds is 3. The van der Waals surface area contributed by atoms with Gasteiger partial charge in [-0.05, 0) is 25.1 Å². The van der Waals surface area contributed by atoms with Crippen molar-refractivity contribution in [2.75, 3.05) is 0 Å². The lowest BCUT2D eigenvalue weighted by molar-refractivity contribution is 0.0719. The molecule has 0 radical (unpaired) electrons. The van der Waals surface area contributed by atoms with E-state index in [0.717, 1.165) is 0 Å². The molecule has 18 heavy (non-hydrogen) atoms. The Labute approximate surface area is 114 Å². The highest BCUT2D eigenvalue weighted by Gasteiger charge is 2.15. The fourth-order valence-corrected chi connectivity index (χ4v) is 1.94. The molecule has 94 valence electrons. The molecule has 0 aliphatic heterocycles. The number of halogens is 2. The van der Waals surface area contributed by atoms with Crippen LogP contribution in [0.4, 0.5) is 0 Å². The minimum atomic E-state index is -0.535. The summed E-state index contributed by atoms with van der Waals surface area (Å²) in [6.07, 6.45) is 1.57. The minimum Gasteiger partial charge on any atom is -0.404 e. The fourth-order valence-electron chi connectivity index (χ4n) is 1.45. The van der Waals surface area contributed by atoms with Crippen LogP contribution in [0.1, 0.15) is 17.3 Å². The largest absolute Gasteiger partial charge is 0.404 e. The molecule has 0 spiro atoms. The minimum absolute atomic E-state index is 0.259. The molecule has 1 aromatic carbocycles. The van der Waals surface area contributed by atoms with Crippen molar-refractivity contribution in [3.05, 3.63) is 46.1 Å². The molecular weight excluding hydrogens is 275 g/mol. The third-order valence-electron chi connectivity index (χ3n) is 2.33. The van der Waals surface area contributed by atoms with E-state index in [9.17, 15) is 4.79 Å². The van der Waals surface area contributed by atoms with Gasteiger partial charge < -0.3 is 4.74 Å². The van der Waals surface area contributed by atoms with Crippen LogP contribution in [-0.2, 0) is 6.54 Å². The molecule has 0 N–H and O–H groups in total. The summed E-state index contributed by atoms with van der Waals surface area (Å²) >= 11 is 11.7. The summed E-state index contributed by atoms with van der Waals surface area (Å²) in [5.41, 5.74) is 0.268. The van der Waals surface area contributed by atoms with E-state index in [1.54, 1.807) is 23.0 Å². The highest BCUT2D eigenvalue weighted by Crippen LogP contribution is 2.22. The Balaban J connectivity index is 2.22. The van der Waals surface area contributed by atoms with E-state index in [1.807, 2.05) is 6.92 Å². The van der Waals surface area contributed by atoms with E-state index < -0.39 is 5.97 Å². The van der Waals surface area contributed by atoms with Crippen molar-refractivity contribution in [3.8, 4) is 5.88 Å². The number of carbonyl (C=O) groups is 1. The maximum atomic E-state index is 11.9. The lowest BCUT2D eigenvalue weighted by atomic mass is 10.2. The number of hydrogen-bond donors (Lipinski definition) is 0. The summed E-state index contributed by atoms with van der Waals surface area (Å²) in [5, 5.41) is 4.73. The van der Waals surface area contributed by atoms with Crippen molar-refractivity contribution < 1.29 is 9.53 Å².